The van der Waals surface area contributed by atoms with Gasteiger partial charge in [-0.1, -0.05) is 6.92 Å². The molecular weight excluding hydrogens is 258 g/mol. The van der Waals surface area contributed by atoms with Crippen LogP contribution >= 0.6 is 24.2 Å². The number of carbonyl (C=O) groups excluding carboxylic acids is 1. The minimum atomic E-state index is 0. The van der Waals surface area contributed by atoms with Crippen molar-refractivity contribution in [1.29, 1.82) is 0 Å². The number of amides is 1. The van der Waals surface area contributed by atoms with Crippen molar-refractivity contribution in [2.75, 3.05) is 29.7 Å². The summed E-state index contributed by atoms with van der Waals surface area (Å²) in [6, 6.07) is 3.66. The molecule has 0 saturated heterocycles. The summed E-state index contributed by atoms with van der Waals surface area (Å²) in [6.07, 6.45) is 3.64. The molecule has 1 unspecified atom stereocenters. The Kier molecular flexibility index (Phi) is 7.74. The highest BCUT2D eigenvalue weighted by molar-refractivity contribution is 7.98. The summed E-state index contributed by atoms with van der Waals surface area (Å²) in [4.78, 5) is 15.8. The second kappa shape index (κ2) is 8.20. The molecule has 17 heavy (non-hydrogen) atoms. The summed E-state index contributed by atoms with van der Waals surface area (Å²) in [5, 5.41) is 5.76. The number of aromatic nitrogens is 1. The molecule has 0 fully saturated rings. The minimum Gasteiger partial charge on any atom is -0.373 e. The van der Waals surface area contributed by atoms with Crippen LogP contribution in [-0.4, -0.2) is 29.9 Å². The van der Waals surface area contributed by atoms with E-state index in [-0.39, 0.29) is 24.2 Å². The van der Waals surface area contributed by atoms with Gasteiger partial charge in [-0.3, -0.25) is 4.79 Å². The fourth-order valence-corrected chi connectivity index (χ4v) is 1.86. The van der Waals surface area contributed by atoms with Crippen LogP contribution < -0.4 is 10.6 Å². The van der Waals surface area contributed by atoms with E-state index in [0.29, 0.717) is 0 Å². The van der Waals surface area contributed by atoms with Gasteiger partial charge in [0.05, 0.1) is 11.9 Å². The van der Waals surface area contributed by atoms with E-state index in [2.05, 4.69) is 15.6 Å². The third-order valence-corrected chi connectivity index (χ3v) is 2.98. The Balaban J connectivity index is 0.00000256. The molecule has 2 N–H and O–H groups in total. The van der Waals surface area contributed by atoms with Crippen LogP contribution in [0.5, 0.6) is 0 Å². The molecule has 6 heteroatoms. The fourth-order valence-electron chi connectivity index (χ4n) is 1.21. The van der Waals surface area contributed by atoms with Gasteiger partial charge in [0.25, 0.3) is 0 Å². The molecule has 1 heterocycles. The van der Waals surface area contributed by atoms with E-state index in [1.165, 1.54) is 0 Å². The van der Waals surface area contributed by atoms with Gasteiger partial charge in [-0.05, 0) is 18.4 Å². The van der Waals surface area contributed by atoms with Crippen molar-refractivity contribution < 1.29 is 4.79 Å². The van der Waals surface area contributed by atoms with E-state index in [1.807, 2.05) is 25.3 Å². The first-order valence-electron chi connectivity index (χ1n) is 5.11. The number of nitrogens with one attached hydrogen (secondary N) is 2. The minimum absolute atomic E-state index is 0. The molecular formula is C11H18ClN3OS. The Hall–Kier alpha value is -0.940. The molecule has 4 nitrogen and oxygen atoms in total. The van der Waals surface area contributed by atoms with E-state index in [9.17, 15) is 4.79 Å². The van der Waals surface area contributed by atoms with Crippen LogP contribution in [0.3, 0.4) is 0 Å². The molecule has 1 amide bonds. The lowest BCUT2D eigenvalue weighted by molar-refractivity contribution is -0.118. The summed E-state index contributed by atoms with van der Waals surface area (Å²) in [6.45, 7) is 1.92. The molecule has 0 aliphatic heterocycles. The molecule has 1 aromatic heterocycles. The molecule has 0 saturated carbocycles. The highest BCUT2D eigenvalue weighted by Crippen LogP contribution is 2.12. The van der Waals surface area contributed by atoms with Crippen LogP contribution in [0.15, 0.2) is 18.3 Å². The van der Waals surface area contributed by atoms with Gasteiger partial charge in [-0.15, -0.1) is 12.4 Å². The number of thioether (sulfide) groups is 1. The predicted molar refractivity (Wildman–Crippen MR) is 77.2 cm³/mol. The average Bonchev–Trinajstić information content (AvgIpc) is 2.30. The van der Waals surface area contributed by atoms with E-state index in [1.54, 1.807) is 25.0 Å². The Morgan fingerprint density at radius 1 is 1.53 bits per heavy atom. The van der Waals surface area contributed by atoms with Gasteiger partial charge in [-0.2, -0.15) is 11.8 Å². The van der Waals surface area contributed by atoms with Crippen molar-refractivity contribution in [3.05, 3.63) is 18.3 Å². The van der Waals surface area contributed by atoms with Gasteiger partial charge < -0.3 is 10.6 Å². The van der Waals surface area contributed by atoms with Crippen LogP contribution in [0.4, 0.5) is 11.5 Å². The molecule has 0 aliphatic carbocycles. The lowest BCUT2D eigenvalue weighted by Crippen LogP contribution is -2.22. The summed E-state index contributed by atoms with van der Waals surface area (Å²) in [5.74, 6) is 1.66. The summed E-state index contributed by atoms with van der Waals surface area (Å²) in [5.41, 5.74) is 0.733. The number of carbonyl (C=O) groups is 1. The molecule has 0 bridgehead atoms. The van der Waals surface area contributed by atoms with Gasteiger partial charge in [0, 0.05) is 18.7 Å². The number of halogens is 1. The second-order valence-corrected chi connectivity index (χ2v) is 4.44. The van der Waals surface area contributed by atoms with Crippen LogP contribution in [0.2, 0.25) is 0 Å². The van der Waals surface area contributed by atoms with Crippen molar-refractivity contribution >= 4 is 41.6 Å². The van der Waals surface area contributed by atoms with E-state index >= 15 is 0 Å². The number of nitrogens with zero attached hydrogens (tertiary/aromatic N) is 1. The molecule has 1 aromatic rings. The maximum atomic E-state index is 11.7. The topological polar surface area (TPSA) is 54.0 Å². The number of pyridine rings is 1. The molecule has 0 radical (unpaired) electrons. The lowest BCUT2D eigenvalue weighted by atomic mass is 10.2. The van der Waals surface area contributed by atoms with E-state index in [0.717, 1.165) is 17.3 Å². The van der Waals surface area contributed by atoms with Crippen molar-refractivity contribution in [2.24, 2.45) is 5.92 Å². The zero-order valence-electron chi connectivity index (χ0n) is 10.2. The maximum Gasteiger partial charge on any atom is 0.228 e. The van der Waals surface area contributed by atoms with E-state index < -0.39 is 0 Å². The molecule has 0 aliphatic rings. The van der Waals surface area contributed by atoms with Gasteiger partial charge in [0.2, 0.25) is 5.91 Å². The normalized spacial score (nSPS) is 11.2. The molecule has 96 valence electrons. The first kappa shape index (κ1) is 16.1. The van der Waals surface area contributed by atoms with Crippen LogP contribution in [-0.2, 0) is 4.79 Å². The third kappa shape index (κ3) is 5.28. The number of hydrogen-bond donors (Lipinski definition) is 2. The van der Waals surface area contributed by atoms with Gasteiger partial charge in [-0.25, -0.2) is 4.98 Å². The summed E-state index contributed by atoms with van der Waals surface area (Å²) in [7, 11) is 1.81. The van der Waals surface area contributed by atoms with Crippen LogP contribution in [0, 0.1) is 5.92 Å². The molecule has 0 aromatic carbocycles. The third-order valence-electron chi connectivity index (χ3n) is 2.15. The first-order valence-corrected chi connectivity index (χ1v) is 6.50. The molecule has 1 atom stereocenters. The first-order chi connectivity index (χ1) is 7.67. The highest BCUT2D eigenvalue weighted by Gasteiger charge is 2.11. The fraction of sp³-hybridized carbons (Fsp3) is 0.455. The number of anilines is 2. The van der Waals surface area contributed by atoms with E-state index in [4.69, 9.17) is 0 Å². The molecule has 0 spiro atoms. The quantitative estimate of drug-likeness (QED) is 0.867. The Morgan fingerprint density at radius 2 is 2.24 bits per heavy atom. The SMILES string of the molecule is CNc1ccc(NC(=O)C(C)CSC)cn1.Cl. The van der Waals surface area contributed by atoms with Crippen LogP contribution in [0.25, 0.3) is 0 Å². The van der Waals surface area contributed by atoms with Crippen molar-refractivity contribution in [1.82, 2.24) is 4.98 Å². The van der Waals surface area contributed by atoms with Crippen LogP contribution in [0.1, 0.15) is 6.92 Å². The average molecular weight is 276 g/mol. The number of rotatable bonds is 5. The van der Waals surface area contributed by atoms with Crippen molar-refractivity contribution in [3.63, 3.8) is 0 Å². The Bertz CT molecular complexity index is 345. The highest BCUT2D eigenvalue weighted by atomic mass is 35.5. The monoisotopic (exact) mass is 275 g/mol. The Labute approximate surface area is 112 Å². The molecule has 1 rings (SSSR count). The van der Waals surface area contributed by atoms with Crippen molar-refractivity contribution in [3.8, 4) is 0 Å². The zero-order chi connectivity index (χ0) is 12.0. The maximum absolute atomic E-state index is 11.7. The predicted octanol–water partition coefficient (Wildman–Crippen LogP) is 2.48. The zero-order valence-corrected chi connectivity index (χ0v) is 11.8. The van der Waals surface area contributed by atoms with Gasteiger partial charge >= 0.3 is 0 Å². The summed E-state index contributed by atoms with van der Waals surface area (Å²) < 4.78 is 0. The lowest BCUT2D eigenvalue weighted by Gasteiger charge is -2.10. The standard InChI is InChI=1S/C11H17N3OS.ClH/c1-8(7-16-3)11(15)14-9-4-5-10(12-2)13-6-9;/h4-6,8H,7H2,1-3H3,(H,12,13)(H,14,15);1H. The van der Waals surface area contributed by atoms with Gasteiger partial charge in [0.1, 0.15) is 5.82 Å². The van der Waals surface area contributed by atoms with Crippen molar-refractivity contribution in [2.45, 2.75) is 6.92 Å². The Morgan fingerprint density at radius 3 is 2.71 bits per heavy atom. The summed E-state index contributed by atoms with van der Waals surface area (Å²) >= 11 is 1.67. The number of hydrogen-bond acceptors (Lipinski definition) is 4. The van der Waals surface area contributed by atoms with Gasteiger partial charge in [0.15, 0.2) is 0 Å². The second-order valence-electron chi connectivity index (χ2n) is 3.53. The largest absolute Gasteiger partial charge is 0.373 e. The smallest absolute Gasteiger partial charge is 0.228 e.